The molecule has 0 aliphatic rings. The van der Waals surface area contributed by atoms with Crippen LogP contribution in [0.1, 0.15) is 17.1 Å². The molecule has 5 heteroatoms. The number of rotatable bonds is 1. The van der Waals surface area contributed by atoms with Crippen molar-refractivity contribution in [2.24, 2.45) is 10.9 Å². The van der Waals surface area contributed by atoms with Crippen molar-refractivity contribution in [1.82, 2.24) is 9.38 Å². The highest BCUT2D eigenvalue weighted by molar-refractivity contribution is 5.98. The van der Waals surface area contributed by atoms with Crippen LogP contribution >= 0.6 is 0 Å². The molecule has 5 nitrogen and oxygen atoms in total. The van der Waals surface area contributed by atoms with Crippen molar-refractivity contribution < 1.29 is 5.21 Å². The van der Waals surface area contributed by atoms with Crippen LogP contribution in [0.25, 0.3) is 5.52 Å². The van der Waals surface area contributed by atoms with Crippen LogP contribution in [0, 0.1) is 13.8 Å². The van der Waals surface area contributed by atoms with Gasteiger partial charge in [-0.05, 0) is 26.0 Å². The van der Waals surface area contributed by atoms with Crippen molar-refractivity contribution in [3.63, 3.8) is 0 Å². The molecule has 2 rings (SSSR count). The van der Waals surface area contributed by atoms with Crippen LogP contribution in [0.2, 0.25) is 0 Å². The summed E-state index contributed by atoms with van der Waals surface area (Å²) in [6, 6.07) is 3.64. The minimum absolute atomic E-state index is 0.107. The highest BCUT2D eigenvalue weighted by Crippen LogP contribution is 2.13. The maximum Gasteiger partial charge on any atom is 0.170 e. The third kappa shape index (κ3) is 1.41. The van der Waals surface area contributed by atoms with E-state index in [-0.39, 0.29) is 5.84 Å². The molecule has 0 aliphatic carbocycles. The molecule has 0 bridgehead atoms. The van der Waals surface area contributed by atoms with Gasteiger partial charge in [0.1, 0.15) is 5.82 Å². The zero-order valence-electron chi connectivity index (χ0n) is 8.60. The quantitative estimate of drug-likeness (QED) is 0.315. The zero-order chi connectivity index (χ0) is 11.0. The molecule has 2 aromatic rings. The molecule has 15 heavy (non-hydrogen) atoms. The Morgan fingerprint density at radius 2 is 2.27 bits per heavy atom. The van der Waals surface area contributed by atoms with Gasteiger partial charge in [-0.15, -0.1) is 0 Å². The van der Waals surface area contributed by atoms with Crippen molar-refractivity contribution >= 4 is 11.4 Å². The summed E-state index contributed by atoms with van der Waals surface area (Å²) in [5.74, 6) is 1.03. The van der Waals surface area contributed by atoms with E-state index >= 15 is 0 Å². The van der Waals surface area contributed by atoms with E-state index in [4.69, 9.17) is 10.9 Å². The Morgan fingerprint density at radius 1 is 1.53 bits per heavy atom. The second-order valence-electron chi connectivity index (χ2n) is 3.40. The normalized spacial score (nSPS) is 12.3. The summed E-state index contributed by atoms with van der Waals surface area (Å²) < 4.78 is 1.96. The van der Waals surface area contributed by atoms with E-state index in [0.29, 0.717) is 5.56 Å². The number of hydrogen-bond donors (Lipinski definition) is 2. The average Bonchev–Trinajstić information content (AvgIpc) is 2.53. The van der Waals surface area contributed by atoms with Crippen LogP contribution in [0.5, 0.6) is 0 Å². The molecular formula is C10H12N4O. The van der Waals surface area contributed by atoms with Crippen LogP contribution in [-0.2, 0) is 0 Å². The van der Waals surface area contributed by atoms with Gasteiger partial charge < -0.3 is 15.3 Å². The molecule has 2 aromatic heterocycles. The van der Waals surface area contributed by atoms with E-state index < -0.39 is 0 Å². The van der Waals surface area contributed by atoms with Gasteiger partial charge in [-0.3, -0.25) is 0 Å². The van der Waals surface area contributed by atoms with Gasteiger partial charge in [0.2, 0.25) is 0 Å². The Morgan fingerprint density at radius 3 is 2.93 bits per heavy atom. The molecule has 3 N–H and O–H groups in total. The molecule has 78 valence electrons. The van der Waals surface area contributed by atoms with Crippen molar-refractivity contribution in [3.8, 4) is 0 Å². The fourth-order valence-electron chi connectivity index (χ4n) is 1.63. The van der Waals surface area contributed by atoms with E-state index in [1.165, 1.54) is 0 Å². The summed E-state index contributed by atoms with van der Waals surface area (Å²) in [6.45, 7) is 3.86. The third-order valence-electron chi connectivity index (χ3n) is 2.41. The average molecular weight is 204 g/mol. The highest BCUT2D eigenvalue weighted by Gasteiger charge is 2.06. The van der Waals surface area contributed by atoms with Crippen LogP contribution in [0.4, 0.5) is 0 Å². The lowest BCUT2D eigenvalue weighted by Crippen LogP contribution is -2.13. The van der Waals surface area contributed by atoms with Crippen LogP contribution in [0.15, 0.2) is 23.5 Å². The fourth-order valence-corrected chi connectivity index (χ4v) is 1.63. The Hall–Kier alpha value is -2.04. The zero-order valence-corrected chi connectivity index (χ0v) is 8.60. The number of pyridine rings is 1. The van der Waals surface area contributed by atoms with Gasteiger partial charge in [-0.1, -0.05) is 5.16 Å². The van der Waals surface area contributed by atoms with Crippen molar-refractivity contribution in [1.29, 1.82) is 0 Å². The maximum absolute atomic E-state index is 8.58. The molecular weight excluding hydrogens is 192 g/mol. The maximum atomic E-state index is 8.58. The summed E-state index contributed by atoms with van der Waals surface area (Å²) in [5, 5.41) is 11.5. The van der Waals surface area contributed by atoms with E-state index in [9.17, 15) is 0 Å². The molecule has 0 aliphatic heterocycles. The second kappa shape index (κ2) is 3.27. The number of fused-ring (bicyclic) bond motifs is 1. The van der Waals surface area contributed by atoms with Gasteiger partial charge in [0.25, 0.3) is 0 Å². The second-order valence-corrected chi connectivity index (χ2v) is 3.40. The number of imidazole rings is 1. The predicted molar refractivity (Wildman–Crippen MR) is 57.2 cm³/mol. The van der Waals surface area contributed by atoms with E-state index in [1.54, 1.807) is 6.07 Å². The molecule has 0 unspecified atom stereocenters. The van der Waals surface area contributed by atoms with Gasteiger partial charge in [-0.2, -0.15) is 0 Å². The number of nitrogens with two attached hydrogens (primary N) is 1. The summed E-state index contributed by atoms with van der Waals surface area (Å²) in [5.41, 5.74) is 8.10. The lowest BCUT2D eigenvalue weighted by Gasteiger charge is -2.01. The number of amidine groups is 1. The van der Waals surface area contributed by atoms with Gasteiger partial charge in [0.15, 0.2) is 5.84 Å². The molecule has 0 saturated heterocycles. The largest absolute Gasteiger partial charge is 0.409 e. The molecule has 0 saturated carbocycles. The van der Waals surface area contributed by atoms with Gasteiger partial charge in [0, 0.05) is 11.8 Å². The summed E-state index contributed by atoms with van der Waals surface area (Å²) in [4.78, 5) is 4.34. The fraction of sp³-hybridized carbons (Fsp3) is 0.200. The summed E-state index contributed by atoms with van der Waals surface area (Å²) in [7, 11) is 0. The molecule has 0 atom stereocenters. The number of hydrogen-bond acceptors (Lipinski definition) is 3. The van der Waals surface area contributed by atoms with Gasteiger partial charge in [0.05, 0.1) is 11.2 Å². The standard InChI is InChI=1S/C10H12N4O/c1-6-9-5-8(10(11)13-15)3-4-14(9)7(2)12-6/h3-5,15H,1-2H3,(H2,11,13). The first kappa shape index (κ1) is 9.51. The van der Waals surface area contributed by atoms with Crippen LogP contribution < -0.4 is 5.73 Å². The molecule has 2 heterocycles. The lowest BCUT2D eigenvalue weighted by molar-refractivity contribution is 0.318. The number of oxime groups is 1. The smallest absolute Gasteiger partial charge is 0.170 e. The Labute approximate surface area is 86.8 Å². The SMILES string of the molecule is Cc1nc(C)n2ccc(/C(N)=N\O)cc12. The predicted octanol–water partition coefficient (Wildman–Crippen LogP) is 1.05. The number of aromatic nitrogens is 2. The Balaban J connectivity index is 2.70. The minimum atomic E-state index is 0.107. The van der Waals surface area contributed by atoms with Gasteiger partial charge in [-0.25, -0.2) is 4.98 Å². The lowest BCUT2D eigenvalue weighted by atomic mass is 10.2. The first-order valence-corrected chi connectivity index (χ1v) is 4.56. The topological polar surface area (TPSA) is 75.9 Å². The monoisotopic (exact) mass is 204 g/mol. The molecule has 0 spiro atoms. The van der Waals surface area contributed by atoms with Crippen molar-refractivity contribution in [3.05, 3.63) is 35.4 Å². The first-order valence-electron chi connectivity index (χ1n) is 4.56. The number of nitrogens with zero attached hydrogens (tertiary/aromatic N) is 3. The Kier molecular flexibility index (Phi) is 2.07. The van der Waals surface area contributed by atoms with Crippen LogP contribution in [0.3, 0.4) is 0 Å². The third-order valence-corrected chi connectivity index (χ3v) is 2.41. The van der Waals surface area contributed by atoms with E-state index in [2.05, 4.69) is 10.1 Å². The van der Waals surface area contributed by atoms with Crippen LogP contribution in [-0.4, -0.2) is 20.4 Å². The first-order chi connectivity index (χ1) is 7.13. The molecule has 0 radical (unpaired) electrons. The minimum Gasteiger partial charge on any atom is -0.409 e. The van der Waals surface area contributed by atoms with Gasteiger partial charge >= 0.3 is 0 Å². The molecule has 0 fully saturated rings. The van der Waals surface area contributed by atoms with Crippen molar-refractivity contribution in [2.45, 2.75) is 13.8 Å². The van der Waals surface area contributed by atoms with E-state index in [1.807, 2.05) is 30.5 Å². The van der Waals surface area contributed by atoms with Crippen molar-refractivity contribution in [2.75, 3.05) is 0 Å². The number of aryl methyl sites for hydroxylation is 2. The Bertz CT molecular complexity index is 542. The summed E-state index contributed by atoms with van der Waals surface area (Å²) >= 11 is 0. The van der Waals surface area contributed by atoms with E-state index in [0.717, 1.165) is 17.0 Å². The molecule has 0 amide bonds. The highest BCUT2D eigenvalue weighted by atomic mass is 16.4. The summed E-state index contributed by atoms with van der Waals surface area (Å²) in [6.07, 6.45) is 1.86. The molecule has 0 aromatic carbocycles.